The smallest absolute Gasteiger partial charge is 0.00250 e. The molecule has 0 heteroatoms. The number of terminal acetylenes is 2. The van der Waals surface area contributed by atoms with Crippen LogP contribution in [0.4, 0.5) is 0 Å². The van der Waals surface area contributed by atoms with Gasteiger partial charge in [0.05, 0.1) is 0 Å². The molecule has 0 radical (unpaired) electrons. The highest BCUT2D eigenvalue weighted by Gasteiger charge is 1.56. The predicted octanol–water partition coefficient (Wildman–Crippen LogP) is 1.37. The molecule has 0 heterocycles. The third-order valence-electron chi connectivity index (χ3n) is 0.733. The van der Waals surface area contributed by atoms with Crippen molar-refractivity contribution in [3.05, 3.63) is 24.3 Å². The fourth-order valence-electron chi connectivity index (χ4n) is 0.335. The van der Waals surface area contributed by atoms with Gasteiger partial charge in [-0.1, -0.05) is 23.7 Å². The normalized spacial score (nSPS) is 7.50. The number of hydrogen-bond donors (Lipinski definition) is 0. The second kappa shape index (κ2) is 8.72. The summed E-state index contributed by atoms with van der Waals surface area (Å²) < 4.78 is 0. The largest absolute Gasteiger partial charge is 0.115 e. The Morgan fingerprint density at radius 3 is 1.42 bits per heavy atom. The van der Waals surface area contributed by atoms with E-state index in [1.54, 1.807) is 12.2 Å². The van der Waals surface area contributed by atoms with Gasteiger partial charge in [0, 0.05) is 0 Å². The molecule has 0 aliphatic heterocycles. The van der Waals surface area contributed by atoms with Crippen molar-refractivity contribution in [2.45, 2.75) is 0 Å². The molecule has 0 aromatic carbocycles. The van der Waals surface area contributed by atoms with Crippen molar-refractivity contribution in [3.63, 3.8) is 0 Å². The van der Waals surface area contributed by atoms with Gasteiger partial charge in [-0.3, -0.25) is 0 Å². The second-order valence-corrected chi connectivity index (χ2v) is 1.54. The monoisotopic (exact) mass is 150 g/mol. The van der Waals surface area contributed by atoms with Crippen LogP contribution in [-0.2, 0) is 0 Å². The van der Waals surface area contributed by atoms with Crippen LogP contribution in [-0.4, -0.2) is 0 Å². The number of hydrogen-bond acceptors (Lipinski definition) is 0. The summed E-state index contributed by atoms with van der Waals surface area (Å²) >= 11 is 0. The van der Waals surface area contributed by atoms with E-state index in [1.807, 2.05) is 0 Å². The maximum absolute atomic E-state index is 4.94. The Kier molecular flexibility index (Phi) is 7.06. The summed E-state index contributed by atoms with van der Waals surface area (Å²) in [6.07, 6.45) is 16.0. The summed E-state index contributed by atoms with van der Waals surface area (Å²) in [5, 5.41) is 0. The molecule has 0 atom stereocenters. The number of allylic oxidation sites excluding steroid dienone is 4. The van der Waals surface area contributed by atoms with Crippen LogP contribution in [0.2, 0.25) is 0 Å². The molecule has 0 aromatic heterocycles. The van der Waals surface area contributed by atoms with Gasteiger partial charge in [-0.2, -0.15) is 0 Å². The van der Waals surface area contributed by atoms with Gasteiger partial charge in [0.2, 0.25) is 0 Å². The first-order valence-electron chi connectivity index (χ1n) is 3.15. The topological polar surface area (TPSA) is 0 Å². The zero-order chi connectivity index (χ0) is 9.07. The van der Waals surface area contributed by atoms with Crippen molar-refractivity contribution in [2.24, 2.45) is 0 Å². The van der Waals surface area contributed by atoms with Crippen molar-refractivity contribution in [3.8, 4) is 48.4 Å². The van der Waals surface area contributed by atoms with E-state index in [9.17, 15) is 0 Å². The van der Waals surface area contributed by atoms with E-state index in [0.717, 1.165) is 0 Å². The van der Waals surface area contributed by atoms with E-state index in [1.165, 1.54) is 12.2 Å². The Morgan fingerprint density at radius 2 is 1.08 bits per heavy atom. The van der Waals surface area contributed by atoms with Crippen molar-refractivity contribution in [2.75, 3.05) is 0 Å². The highest BCUT2D eigenvalue weighted by atomic mass is 13.6. The summed E-state index contributed by atoms with van der Waals surface area (Å²) in [6.45, 7) is 0. The summed E-state index contributed by atoms with van der Waals surface area (Å²) in [4.78, 5) is 0. The van der Waals surface area contributed by atoms with E-state index in [4.69, 9.17) is 12.8 Å². The third-order valence-corrected chi connectivity index (χ3v) is 0.733. The third kappa shape index (κ3) is 7.72. The highest BCUT2D eigenvalue weighted by Crippen LogP contribution is 1.66. The lowest BCUT2D eigenvalue weighted by atomic mass is 10.4. The molecular formula is C12H6. The van der Waals surface area contributed by atoms with E-state index >= 15 is 0 Å². The van der Waals surface area contributed by atoms with Crippen LogP contribution in [0.25, 0.3) is 0 Å². The van der Waals surface area contributed by atoms with Crippen molar-refractivity contribution in [1.29, 1.82) is 0 Å². The molecule has 0 nitrogen and oxygen atoms in total. The Bertz CT molecular complexity index is 330. The average molecular weight is 150 g/mol. The molecule has 12 heavy (non-hydrogen) atoms. The summed E-state index contributed by atoms with van der Waals surface area (Å²) in [7, 11) is 0. The highest BCUT2D eigenvalue weighted by molar-refractivity contribution is 5.36. The van der Waals surface area contributed by atoms with Gasteiger partial charge < -0.3 is 0 Å². The zero-order valence-corrected chi connectivity index (χ0v) is 6.46. The molecule has 0 aromatic rings. The quantitative estimate of drug-likeness (QED) is 0.457. The average Bonchev–Trinajstić information content (AvgIpc) is 2.10. The van der Waals surface area contributed by atoms with Gasteiger partial charge >= 0.3 is 0 Å². The van der Waals surface area contributed by atoms with E-state index in [0.29, 0.717) is 0 Å². The molecule has 0 saturated carbocycles. The molecular weight excluding hydrogens is 144 g/mol. The minimum absolute atomic E-state index is 1.51. The Labute approximate surface area is 73.4 Å². The van der Waals surface area contributed by atoms with Crippen LogP contribution in [0.5, 0.6) is 0 Å². The van der Waals surface area contributed by atoms with Crippen molar-refractivity contribution < 1.29 is 0 Å². The second-order valence-electron chi connectivity index (χ2n) is 1.54. The van der Waals surface area contributed by atoms with E-state index in [-0.39, 0.29) is 0 Å². The first kappa shape index (κ1) is 9.72. The lowest BCUT2D eigenvalue weighted by Gasteiger charge is -1.61. The Morgan fingerprint density at radius 1 is 0.667 bits per heavy atom. The Balaban J connectivity index is 3.94. The minimum atomic E-state index is 1.51. The fourth-order valence-corrected chi connectivity index (χ4v) is 0.335. The molecule has 0 aliphatic carbocycles. The first-order valence-corrected chi connectivity index (χ1v) is 3.15. The van der Waals surface area contributed by atoms with Gasteiger partial charge in [0.25, 0.3) is 0 Å². The van der Waals surface area contributed by atoms with Crippen LogP contribution >= 0.6 is 0 Å². The van der Waals surface area contributed by atoms with E-state index < -0.39 is 0 Å². The van der Waals surface area contributed by atoms with Crippen LogP contribution in [0, 0.1) is 48.4 Å². The molecule has 0 amide bonds. The zero-order valence-electron chi connectivity index (χ0n) is 6.46. The SMILES string of the molecule is C#C/C=C/C#CC#C/C=C/C#C. The van der Waals surface area contributed by atoms with E-state index in [2.05, 4.69) is 35.5 Å². The van der Waals surface area contributed by atoms with Gasteiger partial charge in [0.15, 0.2) is 0 Å². The van der Waals surface area contributed by atoms with Gasteiger partial charge in [-0.05, 0) is 36.1 Å². The minimum Gasteiger partial charge on any atom is -0.115 e. The molecule has 0 bridgehead atoms. The number of rotatable bonds is 0. The lowest BCUT2D eigenvalue weighted by molar-refractivity contribution is 2.12. The molecule has 0 saturated heterocycles. The molecule has 0 unspecified atom stereocenters. The summed E-state index contributed by atoms with van der Waals surface area (Å²) in [5.41, 5.74) is 0. The lowest BCUT2D eigenvalue weighted by Crippen LogP contribution is -1.52. The first-order chi connectivity index (χ1) is 5.91. The molecule has 54 valence electrons. The van der Waals surface area contributed by atoms with Crippen molar-refractivity contribution >= 4 is 0 Å². The van der Waals surface area contributed by atoms with Gasteiger partial charge in [0.1, 0.15) is 0 Å². The van der Waals surface area contributed by atoms with Crippen molar-refractivity contribution in [1.82, 2.24) is 0 Å². The Hall–Kier alpha value is -2.28. The van der Waals surface area contributed by atoms with Crippen LogP contribution < -0.4 is 0 Å². The molecule has 0 rings (SSSR count). The summed E-state index contributed by atoms with van der Waals surface area (Å²) in [5.74, 6) is 15.0. The van der Waals surface area contributed by atoms with Crippen LogP contribution in [0.1, 0.15) is 0 Å². The standard InChI is InChI=1S/C12H6/c1-3-5-7-9-11-12-10-8-6-4-2/h1-2,5-8H/b7-5+,8-6+. The molecule has 0 fully saturated rings. The molecule has 0 spiro atoms. The van der Waals surface area contributed by atoms with Crippen LogP contribution in [0.15, 0.2) is 24.3 Å². The molecule has 0 aliphatic rings. The fraction of sp³-hybridized carbons (Fsp3) is 0. The van der Waals surface area contributed by atoms with Gasteiger partial charge in [-0.25, -0.2) is 0 Å². The predicted molar refractivity (Wildman–Crippen MR) is 51.5 cm³/mol. The van der Waals surface area contributed by atoms with Gasteiger partial charge in [-0.15, -0.1) is 12.8 Å². The maximum atomic E-state index is 4.94. The summed E-state index contributed by atoms with van der Waals surface area (Å²) in [6, 6.07) is 0. The maximum Gasteiger partial charge on any atom is -0.00250 e. The van der Waals surface area contributed by atoms with Crippen LogP contribution in [0.3, 0.4) is 0 Å². The molecule has 0 N–H and O–H groups in total.